The van der Waals surface area contributed by atoms with Gasteiger partial charge in [0.25, 0.3) is 0 Å². The number of amides is 2. The van der Waals surface area contributed by atoms with Gasteiger partial charge in [0, 0.05) is 19.5 Å². The van der Waals surface area contributed by atoms with E-state index < -0.39 is 17.4 Å². The third-order valence-corrected chi connectivity index (χ3v) is 4.46. The molecule has 20 heavy (non-hydrogen) atoms. The van der Waals surface area contributed by atoms with Crippen LogP contribution in [-0.4, -0.2) is 46.9 Å². The summed E-state index contributed by atoms with van der Waals surface area (Å²) in [5.74, 6) is -1.22. The lowest BCUT2D eigenvalue weighted by molar-refractivity contribution is -0.161. The first-order chi connectivity index (χ1) is 9.37. The van der Waals surface area contributed by atoms with Crippen molar-refractivity contribution in [2.75, 3.05) is 13.1 Å². The lowest BCUT2D eigenvalue weighted by Crippen LogP contribution is -2.60. The smallest absolute Gasteiger partial charge is 0.310 e. The highest BCUT2D eigenvalue weighted by atomic mass is 16.4. The average molecular weight is 282 g/mol. The Kier molecular flexibility index (Phi) is 4.01. The molecule has 2 N–H and O–H groups in total. The van der Waals surface area contributed by atoms with Crippen molar-refractivity contribution in [3.05, 3.63) is 0 Å². The van der Waals surface area contributed by atoms with Crippen molar-refractivity contribution in [2.24, 2.45) is 11.3 Å². The van der Waals surface area contributed by atoms with Gasteiger partial charge in [0.2, 0.25) is 11.8 Å². The highest BCUT2D eigenvalue weighted by Crippen LogP contribution is 2.44. The van der Waals surface area contributed by atoms with Crippen LogP contribution < -0.4 is 5.32 Å². The molecule has 2 amide bonds. The van der Waals surface area contributed by atoms with Gasteiger partial charge in [-0.1, -0.05) is 20.3 Å². The van der Waals surface area contributed by atoms with Crippen LogP contribution in [0.2, 0.25) is 0 Å². The van der Waals surface area contributed by atoms with Crippen molar-refractivity contribution in [1.29, 1.82) is 0 Å². The Bertz CT molecular complexity index is 429. The molecule has 1 saturated carbocycles. The second-order valence-electron chi connectivity index (χ2n) is 6.18. The zero-order valence-electron chi connectivity index (χ0n) is 12.0. The Hall–Kier alpha value is -1.59. The molecule has 1 unspecified atom stereocenters. The number of nitrogens with one attached hydrogen (secondary N) is 1. The summed E-state index contributed by atoms with van der Waals surface area (Å²) in [5.41, 5.74) is -0.896. The lowest BCUT2D eigenvalue weighted by atomic mass is 9.66. The van der Waals surface area contributed by atoms with Gasteiger partial charge in [-0.15, -0.1) is 0 Å². The highest BCUT2D eigenvalue weighted by Gasteiger charge is 2.48. The lowest BCUT2D eigenvalue weighted by Gasteiger charge is -2.42. The highest BCUT2D eigenvalue weighted by molar-refractivity contribution is 5.91. The van der Waals surface area contributed by atoms with Crippen LogP contribution >= 0.6 is 0 Å². The van der Waals surface area contributed by atoms with Gasteiger partial charge in [0.05, 0.1) is 5.41 Å². The van der Waals surface area contributed by atoms with Gasteiger partial charge in [-0.25, -0.2) is 0 Å². The van der Waals surface area contributed by atoms with Crippen LogP contribution in [0, 0.1) is 11.3 Å². The molecule has 2 rings (SSSR count). The third-order valence-electron chi connectivity index (χ3n) is 4.46. The molecule has 1 heterocycles. The summed E-state index contributed by atoms with van der Waals surface area (Å²) < 4.78 is 0. The fourth-order valence-corrected chi connectivity index (χ4v) is 3.09. The maximum Gasteiger partial charge on any atom is 0.310 e. The Morgan fingerprint density at radius 1 is 1.45 bits per heavy atom. The van der Waals surface area contributed by atoms with Crippen molar-refractivity contribution < 1.29 is 19.5 Å². The summed E-state index contributed by atoms with van der Waals surface area (Å²) in [7, 11) is 0. The average Bonchev–Trinajstić information content (AvgIpc) is 2.32. The van der Waals surface area contributed by atoms with Crippen LogP contribution in [0.15, 0.2) is 0 Å². The summed E-state index contributed by atoms with van der Waals surface area (Å²) in [4.78, 5) is 37.3. The Morgan fingerprint density at radius 2 is 2.10 bits per heavy atom. The molecule has 1 aliphatic heterocycles. The van der Waals surface area contributed by atoms with Gasteiger partial charge in [-0.05, 0) is 18.8 Å². The second-order valence-corrected chi connectivity index (χ2v) is 6.18. The quantitative estimate of drug-likeness (QED) is 0.791. The minimum absolute atomic E-state index is 0.0127. The van der Waals surface area contributed by atoms with Gasteiger partial charge in [0.1, 0.15) is 6.04 Å². The van der Waals surface area contributed by atoms with Crippen molar-refractivity contribution in [1.82, 2.24) is 10.2 Å². The van der Waals surface area contributed by atoms with E-state index in [0.29, 0.717) is 25.9 Å². The minimum atomic E-state index is -0.896. The molecule has 2 aliphatic rings. The largest absolute Gasteiger partial charge is 0.481 e. The summed E-state index contributed by atoms with van der Waals surface area (Å²) in [6.45, 7) is 4.69. The predicted octanol–water partition coefficient (Wildman–Crippen LogP) is 0.614. The van der Waals surface area contributed by atoms with E-state index in [-0.39, 0.29) is 24.2 Å². The number of carboxylic acids is 1. The number of aliphatic carboxylic acids is 1. The Morgan fingerprint density at radius 3 is 2.55 bits per heavy atom. The summed E-state index contributed by atoms with van der Waals surface area (Å²) in [5, 5.41) is 12.1. The topological polar surface area (TPSA) is 86.7 Å². The number of hydrogen-bond donors (Lipinski definition) is 2. The molecule has 6 heteroatoms. The molecule has 1 saturated heterocycles. The van der Waals surface area contributed by atoms with E-state index in [0.717, 1.165) is 6.42 Å². The fraction of sp³-hybridized carbons (Fsp3) is 0.786. The van der Waals surface area contributed by atoms with E-state index in [2.05, 4.69) is 5.32 Å². The Balaban J connectivity index is 2.11. The van der Waals surface area contributed by atoms with Gasteiger partial charge < -0.3 is 15.3 Å². The molecule has 0 radical (unpaired) electrons. The first-order valence-electron chi connectivity index (χ1n) is 7.18. The van der Waals surface area contributed by atoms with Crippen LogP contribution in [0.1, 0.15) is 39.5 Å². The summed E-state index contributed by atoms with van der Waals surface area (Å²) in [6.07, 6.45) is 1.98. The Labute approximate surface area is 118 Å². The first kappa shape index (κ1) is 14.8. The number of carbonyl (C=O) groups is 3. The molecule has 0 aromatic heterocycles. The zero-order chi connectivity index (χ0) is 14.9. The molecular formula is C14H22N2O4. The van der Waals surface area contributed by atoms with Gasteiger partial charge in [0.15, 0.2) is 0 Å². The summed E-state index contributed by atoms with van der Waals surface area (Å²) in [6, 6.07) is -0.484. The van der Waals surface area contributed by atoms with Crippen LogP contribution in [0.3, 0.4) is 0 Å². The molecule has 0 aromatic rings. The first-order valence-corrected chi connectivity index (χ1v) is 7.18. The van der Waals surface area contributed by atoms with Crippen molar-refractivity contribution in [3.63, 3.8) is 0 Å². The molecule has 6 nitrogen and oxygen atoms in total. The number of nitrogens with zero attached hydrogens (tertiary/aromatic N) is 1. The van der Waals surface area contributed by atoms with Gasteiger partial charge in [-0.2, -0.15) is 0 Å². The van der Waals surface area contributed by atoms with Crippen molar-refractivity contribution in [2.45, 2.75) is 45.6 Å². The normalized spacial score (nSPS) is 25.1. The molecule has 0 aromatic carbocycles. The maximum absolute atomic E-state index is 12.5. The number of piperazine rings is 1. The van der Waals surface area contributed by atoms with E-state index >= 15 is 0 Å². The van der Waals surface area contributed by atoms with Gasteiger partial charge >= 0.3 is 5.97 Å². The van der Waals surface area contributed by atoms with E-state index in [9.17, 15) is 19.5 Å². The zero-order valence-corrected chi connectivity index (χ0v) is 12.0. The number of hydrogen-bond acceptors (Lipinski definition) is 3. The van der Waals surface area contributed by atoms with E-state index in [4.69, 9.17) is 0 Å². The SMILES string of the molecule is CC(C)C1C(=O)NCCN1C(=O)CC1(C(=O)O)CCC1. The third kappa shape index (κ3) is 2.51. The molecular weight excluding hydrogens is 260 g/mol. The predicted molar refractivity (Wildman–Crippen MR) is 71.9 cm³/mol. The van der Waals surface area contributed by atoms with Crippen LogP contribution in [0.4, 0.5) is 0 Å². The monoisotopic (exact) mass is 282 g/mol. The van der Waals surface area contributed by atoms with Crippen LogP contribution in [-0.2, 0) is 14.4 Å². The van der Waals surface area contributed by atoms with Crippen LogP contribution in [0.25, 0.3) is 0 Å². The fourth-order valence-electron chi connectivity index (χ4n) is 3.09. The standard InChI is InChI=1S/C14H22N2O4/c1-9(2)11-12(18)15-6-7-16(11)10(17)8-14(13(19)20)4-3-5-14/h9,11H,3-8H2,1-2H3,(H,15,18)(H,19,20). The van der Waals surface area contributed by atoms with Crippen LogP contribution in [0.5, 0.6) is 0 Å². The summed E-state index contributed by atoms with van der Waals surface area (Å²) >= 11 is 0. The minimum Gasteiger partial charge on any atom is -0.481 e. The molecule has 112 valence electrons. The molecule has 0 bridgehead atoms. The van der Waals surface area contributed by atoms with Crippen molar-refractivity contribution >= 4 is 17.8 Å². The second kappa shape index (κ2) is 5.42. The molecule has 2 fully saturated rings. The molecule has 0 spiro atoms. The molecule has 1 atom stereocenters. The van der Waals surface area contributed by atoms with E-state index in [1.165, 1.54) is 0 Å². The van der Waals surface area contributed by atoms with Crippen molar-refractivity contribution in [3.8, 4) is 0 Å². The number of carbonyl (C=O) groups excluding carboxylic acids is 2. The maximum atomic E-state index is 12.5. The molecule has 1 aliphatic carbocycles. The number of rotatable bonds is 4. The van der Waals surface area contributed by atoms with Gasteiger partial charge in [-0.3, -0.25) is 14.4 Å². The van der Waals surface area contributed by atoms with E-state index in [1.54, 1.807) is 4.90 Å². The van der Waals surface area contributed by atoms with E-state index in [1.807, 2.05) is 13.8 Å². The number of carboxylic acid groups (broad SMARTS) is 1.